The largest absolute Gasteiger partial charge is 0.497 e. The number of morpholine rings is 1. The van der Waals surface area contributed by atoms with Crippen LogP contribution in [0.5, 0.6) is 11.5 Å². The van der Waals surface area contributed by atoms with E-state index in [2.05, 4.69) is 128 Å². The van der Waals surface area contributed by atoms with Gasteiger partial charge < -0.3 is 19.1 Å². The van der Waals surface area contributed by atoms with Crippen molar-refractivity contribution in [2.45, 2.75) is 24.9 Å². The minimum atomic E-state index is -0.794. The van der Waals surface area contributed by atoms with Gasteiger partial charge in [-0.3, -0.25) is 0 Å². The smallest absolute Gasteiger partial charge is 0.178 e. The first-order valence-electron chi connectivity index (χ1n) is 15.2. The third-order valence-electron chi connectivity index (χ3n) is 9.62. The molecule has 1 unspecified atom stereocenters. The van der Waals surface area contributed by atoms with Crippen LogP contribution in [-0.4, -0.2) is 33.4 Å². The topological polar surface area (TPSA) is 30.9 Å². The molecule has 0 radical (unpaired) electrons. The minimum absolute atomic E-state index is 0.176. The molecule has 5 aromatic carbocycles. The van der Waals surface area contributed by atoms with Gasteiger partial charge in [0.05, 0.1) is 20.3 Å². The second-order valence-electron chi connectivity index (χ2n) is 12.3. The Hall–Kier alpha value is -4.54. The quantitative estimate of drug-likeness (QED) is 0.219. The molecule has 0 N–H and O–H groups in total. The second kappa shape index (κ2) is 9.75. The second-order valence-corrected chi connectivity index (χ2v) is 12.3. The minimum Gasteiger partial charge on any atom is -0.497 e. The summed E-state index contributed by atoms with van der Waals surface area (Å²) in [5.74, 6) is 1.72. The van der Waals surface area contributed by atoms with Crippen molar-refractivity contribution in [3.8, 4) is 22.6 Å². The van der Waals surface area contributed by atoms with Crippen LogP contribution in [0.2, 0.25) is 0 Å². The number of methoxy groups -OCH3 is 1. The monoisotopic (exact) mass is 565 g/mol. The molecule has 4 nitrogen and oxygen atoms in total. The fourth-order valence-corrected chi connectivity index (χ4v) is 7.46. The normalized spacial score (nSPS) is 19.8. The van der Waals surface area contributed by atoms with Gasteiger partial charge in [-0.2, -0.15) is 0 Å². The first kappa shape index (κ1) is 26.1. The van der Waals surface area contributed by atoms with E-state index in [4.69, 9.17) is 14.2 Å². The van der Waals surface area contributed by atoms with Crippen LogP contribution in [0.15, 0.2) is 103 Å². The zero-order valence-corrected chi connectivity index (χ0v) is 24.9. The van der Waals surface area contributed by atoms with E-state index in [1.807, 2.05) is 0 Å². The zero-order valence-electron chi connectivity index (χ0n) is 24.9. The van der Waals surface area contributed by atoms with E-state index in [0.717, 1.165) is 59.9 Å². The highest BCUT2D eigenvalue weighted by atomic mass is 16.5. The molecule has 214 valence electrons. The van der Waals surface area contributed by atoms with Crippen LogP contribution in [0.25, 0.3) is 28.0 Å². The standard InChI is InChI=1S/C39H35NO3/c1-38(2)34-12-8-7-11-31(34)35-30-18-17-29(41-3)25-33(30)37-32(36(35)38)19-20-39(43-37,26-9-5-4-6-10-26)27-13-15-28(16-14-27)40-21-23-42-24-22-40/h4-20,25H,21-24H2,1-3H3. The zero-order chi connectivity index (χ0) is 29.2. The fraction of sp³-hybridized carbons (Fsp3) is 0.231. The van der Waals surface area contributed by atoms with Crippen LogP contribution in [0, 0.1) is 0 Å². The number of anilines is 1. The number of benzene rings is 5. The van der Waals surface area contributed by atoms with Crippen molar-refractivity contribution in [2.75, 3.05) is 38.3 Å². The van der Waals surface area contributed by atoms with Gasteiger partial charge in [-0.1, -0.05) is 86.7 Å². The van der Waals surface area contributed by atoms with E-state index in [0.29, 0.717) is 0 Å². The van der Waals surface area contributed by atoms with E-state index in [1.54, 1.807) is 7.11 Å². The third-order valence-corrected chi connectivity index (χ3v) is 9.62. The molecule has 0 bridgehead atoms. The maximum absolute atomic E-state index is 7.43. The summed E-state index contributed by atoms with van der Waals surface area (Å²) >= 11 is 0. The average molecular weight is 566 g/mol. The van der Waals surface area contributed by atoms with Crippen molar-refractivity contribution in [1.82, 2.24) is 0 Å². The Bertz CT molecular complexity index is 1880. The van der Waals surface area contributed by atoms with E-state index >= 15 is 0 Å². The summed E-state index contributed by atoms with van der Waals surface area (Å²) in [6.07, 6.45) is 4.58. The molecule has 1 saturated heterocycles. The summed E-state index contributed by atoms with van der Waals surface area (Å²) in [4.78, 5) is 2.39. The highest BCUT2D eigenvalue weighted by molar-refractivity contribution is 6.08. The summed E-state index contributed by atoms with van der Waals surface area (Å²) in [6.45, 7) is 8.02. The van der Waals surface area contributed by atoms with E-state index < -0.39 is 5.60 Å². The summed E-state index contributed by atoms with van der Waals surface area (Å²) in [6, 6.07) is 34.7. The number of rotatable bonds is 4. The number of hydrogen-bond acceptors (Lipinski definition) is 4. The highest BCUT2D eigenvalue weighted by Crippen LogP contribution is 2.58. The van der Waals surface area contributed by atoms with E-state index in [-0.39, 0.29) is 5.41 Å². The lowest BCUT2D eigenvalue weighted by atomic mass is 9.77. The molecule has 8 rings (SSSR count). The predicted octanol–water partition coefficient (Wildman–Crippen LogP) is 8.34. The summed E-state index contributed by atoms with van der Waals surface area (Å²) < 4.78 is 18.8. The molecule has 5 aromatic rings. The van der Waals surface area contributed by atoms with Crippen molar-refractivity contribution in [3.05, 3.63) is 131 Å². The SMILES string of the molecule is COc1ccc2c3c(c4c(c2c1)OC(c1ccccc1)(c1ccc(N2CCOCC2)cc1)C=C4)C(C)(C)c1ccccc1-3. The average Bonchev–Trinajstić information content (AvgIpc) is 3.32. The summed E-state index contributed by atoms with van der Waals surface area (Å²) in [7, 11) is 1.73. The molecular formula is C39H35NO3. The van der Waals surface area contributed by atoms with Crippen LogP contribution < -0.4 is 14.4 Å². The molecule has 1 aliphatic carbocycles. The van der Waals surface area contributed by atoms with Gasteiger partial charge in [-0.15, -0.1) is 0 Å². The van der Waals surface area contributed by atoms with Crippen molar-refractivity contribution in [3.63, 3.8) is 0 Å². The van der Waals surface area contributed by atoms with Gasteiger partial charge in [0.15, 0.2) is 5.60 Å². The molecular weight excluding hydrogens is 530 g/mol. The van der Waals surface area contributed by atoms with Gasteiger partial charge in [0.25, 0.3) is 0 Å². The molecule has 0 aromatic heterocycles. The van der Waals surface area contributed by atoms with Crippen LogP contribution in [-0.2, 0) is 15.8 Å². The van der Waals surface area contributed by atoms with Crippen LogP contribution in [0.3, 0.4) is 0 Å². The van der Waals surface area contributed by atoms with Crippen LogP contribution in [0.4, 0.5) is 5.69 Å². The molecule has 0 amide bonds. The molecule has 2 heterocycles. The maximum atomic E-state index is 7.43. The molecule has 1 atom stereocenters. The van der Waals surface area contributed by atoms with Crippen molar-refractivity contribution >= 4 is 22.5 Å². The first-order chi connectivity index (χ1) is 21.0. The first-order valence-corrected chi connectivity index (χ1v) is 15.2. The lowest BCUT2D eigenvalue weighted by Gasteiger charge is -2.38. The molecule has 0 saturated carbocycles. The Morgan fingerprint density at radius 3 is 2.26 bits per heavy atom. The lowest BCUT2D eigenvalue weighted by molar-refractivity contribution is 0.122. The van der Waals surface area contributed by atoms with Crippen molar-refractivity contribution < 1.29 is 14.2 Å². The number of hydrogen-bond donors (Lipinski definition) is 0. The van der Waals surface area contributed by atoms with Gasteiger partial charge in [0.1, 0.15) is 11.5 Å². The van der Waals surface area contributed by atoms with Gasteiger partial charge >= 0.3 is 0 Å². The third kappa shape index (κ3) is 3.86. The van der Waals surface area contributed by atoms with E-state index in [9.17, 15) is 0 Å². The Morgan fingerprint density at radius 1 is 0.767 bits per heavy atom. The fourth-order valence-electron chi connectivity index (χ4n) is 7.46. The van der Waals surface area contributed by atoms with Gasteiger partial charge in [-0.05, 0) is 64.0 Å². The molecule has 1 fully saturated rings. The number of ether oxygens (including phenoxy) is 3. The maximum Gasteiger partial charge on any atom is 0.178 e. The lowest BCUT2D eigenvalue weighted by Crippen LogP contribution is -2.37. The van der Waals surface area contributed by atoms with E-state index in [1.165, 1.54) is 33.3 Å². The molecule has 2 aliphatic heterocycles. The van der Waals surface area contributed by atoms with Crippen LogP contribution >= 0.6 is 0 Å². The molecule has 4 heteroatoms. The predicted molar refractivity (Wildman–Crippen MR) is 174 cm³/mol. The summed E-state index contributed by atoms with van der Waals surface area (Å²) in [5.41, 5.74) is 8.84. The Kier molecular flexibility index (Phi) is 5.92. The van der Waals surface area contributed by atoms with Crippen molar-refractivity contribution in [1.29, 1.82) is 0 Å². The Labute approximate surface area is 253 Å². The number of nitrogens with zero attached hydrogens (tertiary/aromatic N) is 1. The number of fused-ring (bicyclic) bond motifs is 8. The molecule has 43 heavy (non-hydrogen) atoms. The molecule has 3 aliphatic rings. The Morgan fingerprint density at radius 2 is 1.49 bits per heavy atom. The van der Waals surface area contributed by atoms with Gasteiger partial charge in [-0.25, -0.2) is 0 Å². The summed E-state index contributed by atoms with van der Waals surface area (Å²) in [5, 5.41) is 2.25. The molecule has 0 spiro atoms. The van der Waals surface area contributed by atoms with Crippen LogP contribution in [0.1, 0.15) is 41.7 Å². The van der Waals surface area contributed by atoms with Gasteiger partial charge in [0, 0.05) is 46.3 Å². The Balaban J connectivity index is 1.37. The van der Waals surface area contributed by atoms with Crippen molar-refractivity contribution in [2.24, 2.45) is 0 Å². The highest BCUT2D eigenvalue weighted by Gasteiger charge is 2.44. The van der Waals surface area contributed by atoms with Gasteiger partial charge in [0.2, 0.25) is 0 Å².